The lowest BCUT2D eigenvalue weighted by atomic mass is 9.78. The molecular weight excluding hydrogens is 403 g/mol. The van der Waals surface area contributed by atoms with E-state index in [9.17, 15) is 8.42 Å². The molecule has 0 saturated heterocycles. The van der Waals surface area contributed by atoms with Gasteiger partial charge in [0.05, 0.1) is 5.02 Å². The van der Waals surface area contributed by atoms with Crippen LogP contribution in [0, 0.1) is 0 Å². The van der Waals surface area contributed by atoms with Crippen molar-refractivity contribution in [3.8, 4) is 5.75 Å². The number of rotatable bonds is 5. The molecule has 3 nitrogen and oxygen atoms in total. The van der Waals surface area contributed by atoms with Gasteiger partial charge in [-0.05, 0) is 41.5 Å². The van der Waals surface area contributed by atoms with Crippen molar-refractivity contribution in [3.63, 3.8) is 0 Å². The van der Waals surface area contributed by atoms with E-state index in [-0.39, 0.29) is 26.1 Å². The van der Waals surface area contributed by atoms with Gasteiger partial charge in [-0.25, -0.2) is 0 Å². The Morgan fingerprint density at radius 3 is 2.04 bits per heavy atom. The Kier molecular flexibility index (Phi) is 5.52. The minimum absolute atomic E-state index is 0.0567. The molecule has 0 saturated carbocycles. The predicted molar refractivity (Wildman–Crippen MR) is 109 cm³/mol. The summed E-state index contributed by atoms with van der Waals surface area (Å²) < 4.78 is 30.3. The van der Waals surface area contributed by atoms with Gasteiger partial charge in [-0.3, -0.25) is 0 Å². The van der Waals surface area contributed by atoms with E-state index >= 15 is 0 Å². The molecular formula is C21H18Cl2O3S. The molecule has 0 spiro atoms. The van der Waals surface area contributed by atoms with Crippen LogP contribution in [-0.4, -0.2) is 8.42 Å². The van der Waals surface area contributed by atoms with Gasteiger partial charge < -0.3 is 4.18 Å². The summed E-state index contributed by atoms with van der Waals surface area (Å²) in [7, 11) is -4.08. The first-order valence-electron chi connectivity index (χ1n) is 8.26. The van der Waals surface area contributed by atoms with E-state index < -0.39 is 10.1 Å². The first-order valence-corrected chi connectivity index (χ1v) is 10.4. The van der Waals surface area contributed by atoms with E-state index in [4.69, 9.17) is 27.4 Å². The first kappa shape index (κ1) is 19.7. The minimum Gasteiger partial charge on any atom is -0.379 e. The number of hydrogen-bond acceptors (Lipinski definition) is 3. The molecule has 0 radical (unpaired) electrons. The first-order chi connectivity index (χ1) is 12.7. The largest absolute Gasteiger partial charge is 0.379 e. The monoisotopic (exact) mass is 420 g/mol. The number of hydrogen-bond donors (Lipinski definition) is 0. The highest BCUT2D eigenvalue weighted by atomic mass is 35.5. The average Bonchev–Trinajstić information content (AvgIpc) is 2.64. The molecule has 0 aliphatic heterocycles. The SMILES string of the molecule is CC(C)(c1ccccc1)c1ccc(OS(=O)(=O)c2cc(Cl)ccc2Cl)cc1. The van der Waals surface area contributed by atoms with Gasteiger partial charge in [0.1, 0.15) is 10.6 Å². The molecule has 3 aromatic carbocycles. The summed E-state index contributed by atoms with van der Waals surface area (Å²) in [6, 6.07) is 21.3. The van der Waals surface area contributed by atoms with Crippen molar-refractivity contribution in [3.05, 3.63) is 94.0 Å². The summed E-state index contributed by atoms with van der Waals surface area (Å²) >= 11 is 11.9. The standard InChI is InChI=1S/C21H18Cl2O3S/c1-21(2,15-6-4-3-5-7-15)16-8-11-18(12-9-16)26-27(24,25)20-14-17(22)10-13-19(20)23/h3-14H,1-2H3. The fourth-order valence-corrected chi connectivity index (χ4v) is 4.46. The molecule has 27 heavy (non-hydrogen) atoms. The lowest BCUT2D eigenvalue weighted by Gasteiger charge is -2.26. The maximum Gasteiger partial charge on any atom is 0.340 e. The van der Waals surface area contributed by atoms with Gasteiger partial charge >= 0.3 is 10.1 Å². The van der Waals surface area contributed by atoms with Crippen molar-refractivity contribution >= 4 is 33.3 Å². The van der Waals surface area contributed by atoms with Gasteiger partial charge in [0.15, 0.2) is 0 Å². The van der Waals surface area contributed by atoms with Gasteiger partial charge in [0, 0.05) is 10.4 Å². The molecule has 3 rings (SSSR count). The maximum atomic E-state index is 12.5. The van der Waals surface area contributed by atoms with Crippen LogP contribution in [0.15, 0.2) is 77.7 Å². The summed E-state index contributed by atoms with van der Waals surface area (Å²) in [4.78, 5) is -0.162. The van der Waals surface area contributed by atoms with Gasteiger partial charge in [-0.2, -0.15) is 8.42 Å². The molecule has 3 aromatic rings. The summed E-state index contributed by atoms with van der Waals surface area (Å²) in [6.07, 6.45) is 0. The van der Waals surface area contributed by atoms with Crippen LogP contribution in [0.4, 0.5) is 0 Å². The van der Waals surface area contributed by atoms with Gasteiger partial charge in [-0.15, -0.1) is 0 Å². The molecule has 0 fully saturated rings. The second-order valence-electron chi connectivity index (χ2n) is 6.63. The Morgan fingerprint density at radius 2 is 1.41 bits per heavy atom. The third-order valence-electron chi connectivity index (χ3n) is 4.44. The second-order valence-corrected chi connectivity index (χ2v) is 8.99. The average molecular weight is 421 g/mol. The van der Waals surface area contributed by atoms with Crippen molar-refractivity contribution < 1.29 is 12.6 Å². The van der Waals surface area contributed by atoms with Crippen molar-refractivity contribution in [2.45, 2.75) is 24.2 Å². The van der Waals surface area contributed by atoms with Crippen molar-refractivity contribution in [2.24, 2.45) is 0 Å². The van der Waals surface area contributed by atoms with Crippen LogP contribution >= 0.6 is 23.2 Å². The summed E-state index contributed by atoms with van der Waals surface area (Å²) in [5.41, 5.74) is 1.98. The van der Waals surface area contributed by atoms with Crippen molar-refractivity contribution in [1.29, 1.82) is 0 Å². The molecule has 0 unspecified atom stereocenters. The summed E-state index contributed by atoms with van der Waals surface area (Å²) in [6.45, 7) is 4.22. The van der Waals surface area contributed by atoms with E-state index in [0.29, 0.717) is 0 Å². The Balaban J connectivity index is 1.87. The van der Waals surface area contributed by atoms with Crippen molar-refractivity contribution in [2.75, 3.05) is 0 Å². The van der Waals surface area contributed by atoms with Crippen LogP contribution in [-0.2, 0) is 15.5 Å². The topological polar surface area (TPSA) is 43.4 Å². The molecule has 0 bridgehead atoms. The molecule has 0 heterocycles. The number of benzene rings is 3. The highest BCUT2D eigenvalue weighted by Gasteiger charge is 2.24. The van der Waals surface area contributed by atoms with Crippen LogP contribution in [0.5, 0.6) is 5.75 Å². The molecule has 0 amide bonds. The highest BCUT2D eigenvalue weighted by molar-refractivity contribution is 7.87. The van der Waals surface area contributed by atoms with Crippen LogP contribution in [0.1, 0.15) is 25.0 Å². The molecule has 0 aromatic heterocycles. The quantitative estimate of drug-likeness (QED) is 0.469. The van der Waals surface area contributed by atoms with Crippen LogP contribution < -0.4 is 4.18 Å². The molecule has 0 atom stereocenters. The van der Waals surface area contributed by atoms with Gasteiger partial charge in [-0.1, -0.05) is 79.5 Å². The van der Waals surface area contributed by atoms with Crippen LogP contribution in [0.2, 0.25) is 10.0 Å². The smallest absolute Gasteiger partial charge is 0.340 e. The Labute approximate surface area is 169 Å². The lowest BCUT2D eigenvalue weighted by molar-refractivity contribution is 0.486. The zero-order valence-electron chi connectivity index (χ0n) is 14.8. The molecule has 0 aliphatic carbocycles. The van der Waals surface area contributed by atoms with Crippen molar-refractivity contribution in [1.82, 2.24) is 0 Å². The Hall–Kier alpha value is -2.01. The van der Waals surface area contributed by atoms with Gasteiger partial charge in [0.25, 0.3) is 0 Å². The molecule has 0 aliphatic rings. The van der Waals surface area contributed by atoms with Gasteiger partial charge in [0.2, 0.25) is 0 Å². The fraction of sp³-hybridized carbons (Fsp3) is 0.143. The zero-order valence-corrected chi connectivity index (χ0v) is 17.1. The normalized spacial score (nSPS) is 12.0. The summed E-state index contributed by atoms with van der Waals surface area (Å²) in [5, 5.41) is 0.322. The third kappa shape index (κ3) is 4.29. The minimum atomic E-state index is -4.08. The molecule has 0 N–H and O–H groups in total. The third-order valence-corrected chi connectivity index (χ3v) is 6.41. The maximum absolute atomic E-state index is 12.5. The predicted octanol–water partition coefficient (Wildman–Crippen LogP) is 6.09. The van der Waals surface area contributed by atoms with E-state index in [2.05, 4.69) is 26.0 Å². The Morgan fingerprint density at radius 1 is 0.815 bits per heavy atom. The molecule has 140 valence electrons. The fourth-order valence-electron chi connectivity index (χ4n) is 2.79. The number of halogens is 2. The summed E-state index contributed by atoms with van der Waals surface area (Å²) in [5.74, 6) is 0.207. The zero-order chi connectivity index (χ0) is 19.7. The van der Waals surface area contributed by atoms with Crippen LogP contribution in [0.3, 0.4) is 0 Å². The van der Waals surface area contributed by atoms with E-state index in [1.165, 1.54) is 18.2 Å². The van der Waals surface area contributed by atoms with E-state index in [1.54, 1.807) is 12.1 Å². The highest BCUT2D eigenvalue weighted by Crippen LogP contribution is 2.33. The van der Waals surface area contributed by atoms with E-state index in [0.717, 1.165) is 11.1 Å². The Bertz CT molecular complexity index is 1040. The second kappa shape index (κ2) is 7.55. The lowest BCUT2D eigenvalue weighted by Crippen LogP contribution is -2.18. The molecule has 6 heteroatoms. The van der Waals surface area contributed by atoms with Crippen LogP contribution in [0.25, 0.3) is 0 Å². The van der Waals surface area contributed by atoms with E-state index in [1.807, 2.05) is 30.3 Å².